The summed E-state index contributed by atoms with van der Waals surface area (Å²) in [6, 6.07) is 3.43. The van der Waals surface area contributed by atoms with E-state index in [1.54, 1.807) is 0 Å². The summed E-state index contributed by atoms with van der Waals surface area (Å²) in [5.74, 6) is -1.16. The molecule has 1 aromatic carbocycles. The molecule has 1 aliphatic rings. The van der Waals surface area contributed by atoms with Crippen LogP contribution in [0.3, 0.4) is 0 Å². The molecule has 7 nitrogen and oxygen atoms in total. The summed E-state index contributed by atoms with van der Waals surface area (Å²) < 4.78 is 19.2. The monoisotopic (exact) mass is 438 g/mol. The molecule has 28 heavy (non-hydrogen) atoms. The number of amides is 2. The summed E-state index contributed by atoms with van der Waals surface area (Å²) in [6.07, 6.45) is 1.62. The van der Waals surface area contributed by atoms with Crippen molar-refractivity contribution in [2.75, 3.05) is 43.5 Å². The van der Waals surface area contributed by atoms with Crippen LogP contribution in [0.4, 0.5) is 15.8 Å². The van der Waals surface area contributed by atoms with Gasteiger partial charge < -0.3 is 21.1 Å². The van der Waals surface area contributed by atoms with Crippen molar-refractivity contribution < 1.29 is 18.7 Å². The normalized spacial score (nSPS) is 15.0. The zero-order valence-electron chi connectivity index (χ0n) is 15.9. The Labute approximate surface area is 177 Å². The Morgan fingerprint density at radius 2 is 1.93 bits per heavy atom. The standard InChI is InChI=1S/C18H27FN4O3.2ClH/c1-2-3-15(20)18(25)21-13-4-5-14(19)16(12-13)22-17(24)6-7-23-8-10-26-11-9-23;;/h4-5,12,15H,2-3,6-11,20H2,1H3,(H,21,25)(H,22,24);2*1H. The van der Waals surface area contributed by atoms with Crippen molar-refractivity contribution >= 4 is 48.0 Å². The fraction of sp³-hybridized carbons (Fsp3) is 0.556. The van der Waals surface area contributed by atoms with Gasteiger partial charge in [0.2, 0.25) is 11.8 Å². The van der Waals surface area contributed by atoms with E-state index in [9.17, 15) is 14.0 Å². The molecule has 0 aromatic heterocycles. The van der Waals surface area contributed by atoms with Crippen LogP contribution in [0.1, 0.15) is 26.2 Å². The lowest BCUT2D eigenvalue weighted by molar-refractivity contribution is -0.118. The fourth-order valence-corrected chi connectivity index (χ4v) is 2.67. The molecule has 0 spiro atoms. The van der Waals surface area contributed by atoms with E-state index in [-0.39, 0.29) is 48.7 Å². The lowest BCUT2D eigenvalue weighted by Crippen LogP contribution is -2.38. The molecule has 0 bridgehead atoms. The second kappa shape index (κ2) is 13.7. The Balaban J connectivity index is 0.00000364. The highest BCUT2D eigenvalue weighted by Crippen LogP contribution is 2.20. The predicted molar refractivity (Wildman–Crippen MR) is 113 cm³/mol. The molecule has 1 fully saturated rings. The van der Waals surface area contributed by atoms with Gasteiger partial charge in [0.25, 0.3) is 0 Å². The summed E-state index contributed by atoms with van der Waals surface area (Å²) in [5.41, 5.74) is 6.20. The minimum atomic E-state index is -0.614. The second-order valence-electron chi connectivity index (χ2n) is 6.33. The van der Waals surface area contributed by atoms with Crippen LogP contribution in [0.5, 0.6) is 0 Å². The van der Waals surface area contributed by atoms with Gasteiger partial charge in [-0.1, -0.05) is 13.3 Å². The Hall–Kier alpha value is -1.45. The van der Waals surface area contributed by atoms with Gasteiger partial charge in [-0.05, 0) is 24.6 Å². The van der Waals surface area contributed by atoms with E-state index < -0.39 is 11.9 Å². The number of rotatable bonds is 8. The average Bonchev–Trinajstić information content (AvgIpc) is 2.64. The van der Waals surface area contributed by atoms with Crippen LogP contribution in [0, 0.1) is 5.82 Å². The van der Waals surface area contributed by atoms with Crippen LogP contribution in [-0.2, 0) is 14.3 Å². The van der Waals surface area contributed by atoms with Gasteiger partial charge in [0.1, 0.15) is 5.82 Å². The smallest absolute Gasteiger partial charge is 0.241 e. The Morgan fingerprint density at radius 1 is 1.25 bits per heavy atom. The quantitative estimate of drug-likeness (QED) is 0.578. The molecule has 2 rings (SSSR count). The van der Waals surface area contributed by atoms with E-state index in [2.05, 4.69) is 15.5 Å². The van der Waals surface area contributed by atoms with Gasteiger partial charge in [0, 0.05) is 31.7 Å². The first kappa shape index (κ1) is 26.6. The van der Waals surface area contributed by atoms with Crippen LogP contribution in [0.25, 0.3) is 0 Å². The molecule has 4 N–H and O–H groups in total. The number of morpholine rings is 1. The number of ether oxygens (including phenoxy) is 1. The van der Waals surface area contributed by atoms with Crippen LogP contribution >= 0.6 is 24.8 Å². The van der Waals surface area contributed by atoms with Crippen LogP contribution in [0.2, 0.25) is 0 Å². The molecule has 0 saturated carbocycles. The number of benzene rings is 1. The largest absolute Gasteiger partial charge is 0.379 e. The summed E-state index contributed by atoms with van der Waals surface area (Å²) in [5, 5.41) is 5.21. The van der Waals surface area contributed by atoms with E-state index in [0.29, 0.717) is 31.9 Å². The Kier molecular flexibility index (Phi) is 13.0. The molecular formula is C18H29Cl2FN4O3. The van der Waals surface area contributed by atoms with Crippen molar-refractivity contribution in [1.29, 1.82) is 0 Å². The van der Waals surface area contributed by atoms with Gasteiger partial charge in [-0.15, -0.1) is 24.8 Å². The van der Waals surface area contributed by atoms with Crippen LogP contribution < -0.4 is 16.4 Å². The highest BCUT2D eigenvalue weighted by molar-refractivity contribution is 5.96. The molecule has 1 heterocycles. The van der Waals surface area contributed by atoms with Crippen molar-refractivity contribution in [2.45, 2.75) is 32.2 Å². The lowest BCUT2D eigenvalue weighted by atomic mass is 10.1. The zero-order valence-corrected chi connectivity index (χ0v) is 17.5. The van der Waals surface area contributed by atoms with Gasteiger partial charge in [-0.3, -0.25) is 14.5 Å². The van der Waals surface area contributed by atoms with Gasteiger partial charge in [0.15, 0.2) is 0 Å². The highest BCUT2D eigenvalue weighted by Gasteiger charge is 2.15. The first-order valence-electron chi connectivity index (χ1n) is 8.95. The minimum Gasteiger partial charge on any atom is -0.379 e. The number of anilines is 2. The van der Waals surface area contributed by atoms with Crippen molar-refractivity contribution in [3.8, 4) is 0 Å². The number of nitrogens with zero attached hydrogens (tertiary/aromatic N) is 1. The van der Waals surface area contributed by atoms with Gasteiger partial charge in [-0.2, -0.15) is 0 Å². The molecule has 10 heteroatoms. The van der Waals surface area contributed by atoms with Gasteiger partial charge in [0.05, 0.1) is 24.9 Å². The topological polar surface area (TPSA) is 96.7 Å². The summed E-state index contributed by atoms with van der Waals surface area (Å²) in [4.78, 5) is 26.2. The molecule has 1 aromatic rings. The van der Waals surface area contributed by atoms with Crippen LogP contribution in [0.15, 0.2) is 18.2 Å². The number of halogens is 3. The maximum atomic E-state index is 14.0. The van der Waals surface area contributed by atoms with E-state index in [1.165, 1.54) is 18.2 Å². The number of carbonyl (C=O) groups excluding carboxylic acids is 2. The third-order valence-corrected chi connectivity index (χ3v) is 4.20. The molecule has 1 unspecified atom stereocenters. The fourth-order valence-electron chi connectivity index (χ4n) is 2.67. The summed E-state index contributed by atoms with van der Waals surface area (Å²) in [7, 11) is 0. The predicted octanol–water partition coefficient (Wildman–Crippen LogP) is 2.40. The number of nitrogens with two attached hydrogens (primary N) is 1. The SMILES string of the molecule is CCCC(N)C(=O)Nc1ccc(F)c(NC(=O)CCN2CCOCC2)c1.Cl.Cl. The maximum Gasteiger partial charge on any atom is 0.241 e. The summed E-state index contributed by atoms with van der Waals surface area (Å²) >= 11 is 0. The van der Waals surface area contributed by atoms with E-state index in [4.69, 9.17) is 10.5 Å². The van der Waals surface area contributed by atoms with Gasteiger partial charge in [-0.25, -0.2) is 4.39 Å². The molecule has 1 aliphatic heterocycles. The van der Waals surface area contributed by atoms with E-state index >= 15 is 0 Å². The molecule has 1 saturated heterocycles. The second-order valence-corrected chi connectivity index (χ2v) is 6.33. The zero-order chi connectivity index (χ0) is 18.9. The van der Waals surface area contributed by atoms with Crippen molar-refractivity contribution in [3.63, 3.8) is 0 Å². The number of carbonyl (C=O) groups is 2. The average molecular weight is 439 g/mol. The third-order valence-electron chi connectivity index (χ3n) is 4.20. The molecule has 160 valence electrons. The lowest BCUT2D eigenvalue weighted by Gasteiger charge is -2.26. The van der Waals surface area contributed by atoms with Crippen molar-refractivity contribution in [1.82, 2.24) is 4.90 Å². The summed E-state index contributed by atoms with van der Waals surface area (Å²) in [6.45, 7) is 5.45. The van der Waals surface area contributed by atoms with E-state index in [0.717, 1.165) is 19.5 Å². The van der Waals surface area contributed by atoms with Crippen molar-refractivity contribution in [3.05, 3.63) is 24.0 Å². The first-order chi connectivity index (χ1) is 12.5. The molecule has 0 radical (unpaired) electrons. The highest BCUT2D eigenvalue weighted by atomic mass is 35.5. The maximum absolute atomic E-state index is 14.0. The van der Waals surface area contributed by atoms with Gasteiger partial charge >= 0.3 is 0 Å². The van der Waals surface area contributed by atoms with Crippen molar-refractivity contribution in [2.24, 2.45) is 5.73 Å². The Morgan fingerprint density at radius 3 is 2.57 bits per heavy atom. The first-order valence-corrected chi connectivity index (χ1v) is 8.95. The minimum absolute atomic E-state index is 0. The molecule has 2 amide bonds. The number of hydrogen-bond acceptors (Lipinski definition) is 5. The number of hydrogen-bond donors (Lipinski definition) is 3. The van der Waals surface area contributed by atoms with E-state index in [1.807, 2.05) is 6.92 Å². The molecule has 0 aliphatic carbocycles. The third kappa shape index (κ3) is 8.70. The molecular weight excluding hydrogens is 410 g/mol. The molecule has 1 atom stereocenters. The number of nitrogens with one attached hydrogen (secondary N) is 2. The van der Waals surface area contributed by atoms with Crippen LogP contribution in [-0.4, -0.2) is 55.6 Å². The Bertz CT molecular complexity index is 631.